The SMILES string of the molecule is Cc1ccc(C)c(NC(=O)C[NH+](C)[C@H](C)C(=O)Nc2ccc(F)cc2)c1. The summed E-state index contributed by atoms with van der Waals surface area (Å²) >= 11 is 0. The van der Waals surface area contributed by atoms with Gasteiger partial charge >= 0.3 is 0 Å². The number of nitrogens with one attached hydrogen (secondary N) is 3. The lowest BCUT2D eigenvalue weighted by Gasteiger charge is -2.21. The number of hydrogen-bond acceptors (Lipinski definition) is 2. The van der Waals surface area contributed by atoms with Crippen molar-refractivity contribution in [2.24, 2.45) is 0 Å². The van der Waals surface area contributed by atoms with E-state index in [9.17, 15) is 14.0 Å². The van der Waals surface area contributed by atoms with Crippen LogP contribution >= 0.6 is 0 Å². The first-order chi connectivity index (χ1) is 12.3. The molecule has 5 nitrogen and oxygen atoms in total. The topological polar surface area (TPSA) is 62.6 Å². The number of quaternary nitrogens is 1. The number of halogens is 1. The number of likely N-dealkylation sites (N-methyl/N-ethyl adjacent to an activating group) is 1. The first kappa shape index (κ1) is 19.6. The monoisotopic (exact) mass is 358 g/mol. The van der Waals surface area contributed by atoms with Gasteiger partial charge in [-0.2, -0.15) is 0 Å². The van der Waals surface area contributed by atoms with Crippen LogP contribution in [-0.2, 0) is 9.59 Å². The van der Waals surface area contributed by atoms with Crippen LogP contribution < -0.4 is 15.5 Å². The molecule has 0 spiro atoms. The van der Waals surface area contributed by atoms with Crippen LogP contribution in [-0.4, -0.2) is 31.4 Å². The molecule has 0 aliphatic rings. The van der Waals surface area contributed by atoms with E-state index in [0.717, 1.165) is 21.7 Å². The normalized spacial score (nSPS) is 13.0. The summed E-state index contributed by atoms with van der Waals surface area (Å²) in [5, 5.41) is 5.63. The van der Waals surface area contributed by atoms with Gasteiger partial charge in [0.25, 0.3) is 11.8 Å². The molecule has 0 radical (unpaired) electrons. The Morgan fingerprint density at radius 1 is 1.08 bits per heavy atom. The summed E-state index contributed by atoms with van der Waals surface area (Å²) in [4.78, 5) is 25.4. The highest BCUT2D eigenvalue weighted by molar-refractivity contribution is 5.94. The third-order valence-electron chi connectivity index (χ3n) is 4.35. The summed E-state index contributed by atoms with van der Waals surface area (Å²) in [7, 11) is 1.79. The molecular formula is C20H25FN3O2+. The quantitative estimate of drug-likeness (QED) is 0.739. The van der Waals surface area contributed by atoms with Crippen LogP contribution in [0.5, 0.6) is 0 Å². The van der Waals surface area contributed by atoms with Crippen molar-refractivity contribution in [2.45, 2.75) is 26.8 Å². The van der Waals surface area contributed by atoms with Gasteiger partial charge in [0.15, 0.2) is 12.6 Å². The number of anilines is 2. The van der Waals surface area contributed by atoms with Gasteiger partial charge in [-0.1, -0.05) is 12.1 Å². The van der Waals surface area contributed by atoms with Crippen molar-refractivity contribution in [1.82, 2.24) is 0 Å². The van der Waals surface area contributed by atoms with Crippen molar-refractivity contribution in [3.05, 3.63) is 59.4 Å². The average molecular weight is 358 g/mol. The molecule has 0 aliphatic carbocycles. The van der Waals surface area contributed by atoms with Gasteiger partial charge in [0.05, 0.1) is 7.05 Å². The van der Waals surface area contributed by atoms with Gasteiger partial charge in [-0.25, -0.2) is 4.39 Å². The molecule has 0 heterocycles. The van der Waals surface area contributed by atoms with Crippen molar-refractivity contribution >= 4 is 23.2 Å². The van der Waals surface area contributed by atoms with Crippen LogP contribution in [0.15, 0.2) is 42.5 Å². The largest absolute Gasteiger partial charge is 0.321 e. The molecule has 0 saturated heterocycles. The number of rotatable bonds is 6. The zero-order valence-electron chi connectivity index (χ0n) is 15.5. The van der Waals surface area contributed by atoms with Crippen molar-refractivity contribution < 1.29 is 18.9 Å². The number of carbonyl (C=O) groups is 2. The fourth-order valence-electron chi connectivity index (χ4n) is 2.48. The molecule has 0 aliphatic heterocycles. The summed E-state index contributed by atoms with van der Waals surface area (Å²) in [6, 6.07) is 11.0. The maximum absolute atomic E-state index is 12.9. The zero-order chi connectivity index (χ0) is 19.3. The molecule has 6 heteroatoms. The second-order valence-corrected chi connectivity index (χ2v) is 6.61. The van der Waals surface area contributed by atoms with Gasteiger partial charge in [-0.05, 0) is 62.2 Å². The van der Waals surface area contributed by atoms with Crippen LogP contribution in [0.1, 0.15) is 18.1 Å². The Bertz CT molecular complexity index is 790. The van der Waals surface area contributed by atoms with E-state index in [4.69, 9.17) is 0 Å². The summed E-state index contributed by atoms with van der Waals surface area (Å²) in [5.74, 6) is -0.742. The van der Waals surface area contributed by atoms with Crippen LogP contribution in [0, 0.1) is 19.7 Å². The maximum Gasteiger partial charge on any atom is 0.282 e. The smallest absolute Gasteiger partial charge is 0.282 e. The molecule has 2 amide bonds. The molecule has 0 fully saturated rings. The molecule has 2 aromatic carbocycles. The van der Waals surface area contributed by atoms with Crippen LogP contribution in [0.2, 0.25) is 0 Å². The molecule has 0 bridgehead atoms. The molecule has 138 valence electrons. The van der Waals surface area contributed by atoms with E-state index in [2.05, 4.69) is 10.6 Å². The Kier molecular flexibility index (Phi) is 6.46. The number of carbonyl (C=O) groups excluding carboxylic acids is 2. The minimum absolute atomic E-state index is 0.155. The van der Waals surface area contributed by atoms with Crippen molar-refractivity contribution in [2.75, 3.05) is 24.2 Å². The Labute approximate surface area is 153 Å². The lowest BCUT2D eigenvalue weighted by molar-refractivity contribution is -0.885. The Balaban J connectivity index is 1.91. The van der Waals surface area contributed by atoms with Crippen molar-refractivity contribution in [1.29, 1.82) is 0 Å². The van der Waals surface area contributed by atoms with Gasteiger partial charge < -0.3 is 15.5 Å². The molecule has 26 heavy (non-hydrogen) atoms. The Morgan fingerprint density at radius 3 is 2.38 bits per heavy atom. The number of hydrogen-bond donors (Lipinski definition) is 3. The van der Waals surface area contributed by atoms with E-state index >= 15 is 0 Å². The lowest BCUT2D eigenvalue weighted by atomic mass is 10.1. The fourth-order valence-corrected chi connectivity index (χ4v) is 2.48. The Morgan fingerprint density at radius 2 is 1.73 bits per heavy atom. The molecule has 0 saturated carbocycles. The number of amides is 2. The number of aryl methyl sites for hydroxylation is 2. The lowest BCUT2D eigenvalue weighted by Crippen LogP contribution is -3.14. The third kappa shape index (κ3) is 5.39. The van der Waals surface area contributed by atoms with E-state index in [-0.39, 0.29) is 24.2 Å². The summed E-state index contributed by atoms with van der Waals surface area (Å²) in [6.07, 6.45) is 0. The fraction of sp³-hybridized carbons (Fsp3) is 0.300. The highest BCUT2D eigenvalue weighted by Gasteiger charge is 2.24. The molecule has 1 unspecified atom stereocenters. The molecule has 2 rings (SSSR count). The van der Waals surface area contributed by atoms with Crippen LogP contribution in [0.3, 0.4) is 0 Å². The highest BCUT2D eigenvalue weighted by Crippen LogP contribution is 2.15. The van der Waals surface area contributed by atoms with Crippen molar-refractivity contribution in [3.8, 4) is 0 Å². The minimum Gasteiger partial charge on any atom is -0.321 e. The molecule has 0 aromatic heterocycles. The van der Waals surface area contributed by atoms with E-state index in [1.807, 2.05) is 32.0 Å². The van der Waals surface area contributed by atoms with Gasteiger partial charge in [-0.15, -0.1) is 0 Å². The predicted octanol–water partition coefficient (Wildman–Crippen LogP) is 1.92. The third-order valence-corrected chi connectivity index (χ3v) is 4.35. The second kappa shape index (κ2) is 8.58. The van der Waals surface area contributed by atoms with E-state index in [1.54, 1.807) is 14.0 Å². The molecule has 2 atom stereocenters. The van der Waals surface area contributed by atoms with Gasteiger partial charge in [0.2, 0.25) is 0 Å². The highest BCUT2D eigenvalue weighted by atomic mass is 19.1. The standard InChI is InChI=1S/C20H24FN3O2/c1-13-5-6-14(2)18(11-13)23-19(25)12-24(4)15(3)20(26)22-17-9-7-16(21)8-10-17/h5-11,15H,12H2,1-4H3,(H,22,26)(H,23,25)/p+1/t15-/m1/s1. The molecule has 2 aromatic rings. The second-order valence-electron chi connectivity index (χ2n) is 6.61. The van der Waals surface area contributed by atoms with Gasteiger partial charge in [0.1, 0.15) is 5.82 Å². The van der Waals surface area contributed by atoms with E-state index in [0.29, 0.717) is 5.69 Å². The molecular weight excluding hydrogens is 333 g/mol. The average Bonchev–Trinajstić information content (AvgIpc) is 2.59. The van der Waals surface area contributed by atoms with Gasteiger partial charge in [-0.3, -0.25) is 9.59 Å². The Hall–Kier alpha value is -2.73. The summed E-state index contributed by atoms with van der Waals surface area (Å²) < 4.78 is 12.9. The van der Waals surface area contributed by atoms with E-state index < -0.39 is 6.04 Å². The van der Waals surface area contributed by atoms with Crippen LogP contribution in [0.25, 0.3) is 0 Å². The maximum atomic E-state index is 12.9. The zero-order valence-corrected chi connectivity index (χ0v) is 15.5. The van der Waals surface area contributed by atoms with Crippen molar-refractivity contribution in [3.63, 3.8) is 0 Å². The number of benzene rings is 2. The van der Waals surface area contributed by atoms with Gasteiger partial charge in [0, 0.05) is 11.4 Å². The molecule has 3 N–H and O–H groups in total. The van der Waals surface area contributed by atoms with Crippen LogP contribution in [0.4, 0.5) is 15.8 Å². The summed E-state index contributed by atoms with van der Waals surface area (Å²) in [5.41, 5.74) is 3.37. The first-order valence-corrected chi connectivity index (χ1v) is 8.52. The summed E-state index contributed by atoms with van der Waals surface area (Å²) in [6.45, 7) is 5.81. The predicted molar refractivity (Wildman–Crippen MR) is 101 cm³/mol. The minimum atomic E-state index is -0.440. The van der Waals surface area contributed by atoms with E-state index in [1.165, 1.54) is 24.3 Å². The first-order valence-electron chi connectivity index (χ1n) is 8.52.